The van der Waals surface area contributed by atoms with Crippen molar-refractivity contribution in [2.24, 2.45) is 11.7 Å². The Morgan fingerprint density at radius 3 is 2.80 bits per heavy atom. The number of rotatable bonds is 2. The van der Waals surface area contributed by atoms with E-state index in [0.717, 1.165) is 38.5 Å². The molecule has 0 amide bonds. The highest BCUT2D eigenvalue weighted by atomic mass is 16.5. The van der Waals surface area contributed by atoms with Crippen LogP contribution in [0.3, 0.4) is 0 Å². The van der Waals surface area contributed by atoms with Gasteiger partial charge in [0.1, 0.15) is 0 Å². The SMILES string of the molecule is CC1CCCN(CC2(N)CCOCC2)C1. The molecule has 2 saturated heterocycles. The summed E-state index contributed by atoms with van der Waals surface area (Å²) in [5.74, 6) is 0.849. The average molecular weight is 212 g/mol. The lowest BCUT2D eigenvalue weighted by atomic mass is 9.89. The molecule has 2 heterocycles. The van der Waals surface area contributed by atoms with Gasteiger partial charge in [-0.25, -0.2) is 0 Å². The van der Waals surface area contributed by atoms with Crippen LogP contribution >= 0.6 is 0 Å². The second kappa shape index (κ2) is 4.81. The van der Waals surface area contributed by atoms with Crippen molar-refractivity contribution in [3.8, 4) is 0 Å². The molecule has 0 aromatic rings. The van der Waals surface area contributed by atoms with Crippen LogP contribution in [0.5, 0.6) is 0 Å². The molecular weight excluding hydrogens is 188 g/mol. The molecule has 2 fully saturated rings. The van der Waals surface area contributed by atoms with Crippen LogP contribution in [-0.4, -0.2) is 43.3 Å². The molecule has 2 N–H and O–H groups in total. The fraction of sp³-hybridized carbons (Fsp3) is 1.00. The summed E-state index contributed by atoms with van der Waals surface area (Å²) in [4.78, 5) is 2.56. The van der Waals surface area contributed by atoms with E-state index in [1.165, 1.54) is 25.9 Å². The van der Waals surface area contributed by atoms with Crippen LogP contribution in [0, 0.1) is 5.92 Å². The largest absolute Gasteiger partial charge is 0.381 e. The van der Waals surface area contributed by atoms with Crippen molar-refractivity contribution in [1.29, 1.82) is 0 Å². The van der Waals surface area contributed by atoms with E-state index in [4.69, 9.17) is 10.5 Å². The van der Waals surface area contributed by atoms with Crippen molar-refractivity contribution in [2.45, 2.75) is 38.1 Å². The predicted molar refractivity (Wildman–Crippen MR) is 61.8 cm³/mol. The summed E-state index contributed by atoms with van der Waals surface area (Å²) < 4.78 is 5.38. The van der Waals surface area contributed by atoms with Crippen molar-refractivity contribution in [3.63, 3.8) is 0 Å². The summed E-state index contributed by atoms with van der Waals surface area (Å²) in [6, 6.07) is 0. The lowest BCUT2D eigenvalue weighted by Crippen LogP contribution is -2.55. The smallest absolute Gasteiger partial charge is 0.0484 e. The van der Waals surface area contributed by atoms with Gasteiger partial charge >= 0.3 is 0 Å². The number of hydrogen-bond acceptors (Lipinski definition) is 3. The average Bonchev–Trinajstić information content (AvgIpc) is 2.18. The number of nitrogens with two attached hydrogens (primary N) is 1. The Morgan fingerprint density at radius 2 is 2.13 bits per heavy atom. The summed E-state index contributed by atoms with van der Waals surface area (Å²) in [7, 11) is 0. The van der Waals surface area contributed by atoms with Crippen LogP contribution < -0.4 is 5.73 Å². The van der Waals surface area contributed by atoms with E-state index >= 15 is 0 Å². The maximum Gasteiger partial charge on any atom is 0.0484 e. The Kier molecular flexibility index (Phi) is 3.65. The zero-order valence-corrected chi connectivity index (χ0v) is 9.87. The summed E-state index contributed by atoms with van der Waals surface area (Å²) in [5.41, 5.74) is 6.44. The van der Waals surface area contributed by atoms with Crippen LogP contribution in [0.4, 0.5) is 0 Å². The number of piperidine rings is 1. The van der Waals surface area contributed by atoms with E-state index in [9.17, 15) is 0 Å². The normalized spacial score (nSPS) is 32.8. The van der Waals surface area contributed by atoms with Gasteiger partial charge in [-0.3, -0.25) is 0 Å². The second-order valence-electron chi connectivity index (χ2n) is 5.46. The number of ether oxygens (including phenoxy) is 1. The van der Waals surface area contributed by atoms with Crippen LogP contribution in [0.15, 0.2) is 0 Å². The topological polar surface area (TPSA) is 38.5 Å². The molecule has 0 spiro atoms. The van der Waals surface area contributed by atoms with Crippen LogP contribution in [0.25, 0.3) is 0 Å². The summed E-state index contributed by atoms with van der Waals surface area (Å²) >= 11 is 0. The van der Waals surface area contributed by atoms with Crippen LogP contribution in [-0.2, 0) is 4.74 Å². The number of nitrogens with zero attached hydrogens (tertiary/aromatic N) is 1. The van der Waals surface area contributed by atoms with Crippen molar-refractivity contribution in [2.75, 3.05) is 32.8 Å². The van der Waals surface area contributed by atoms with Crippen molar-refractivity contribution in [3.05, 3.63) is 0 Å². The molecule has 2 aliphatic heterocycles. The van der Waals surface area contributed by atoms with Gasteiger partial charge < -0.3 is 15.4 Å². The van der Waals surface area contributed by atoms with E-state index in [1.807, 2.05) is 0 Å². The highest BCUT2D eigenvalue weighted by Gasteiger charge is 2.31. The zero-order chi connectivity index (χ0) is 10.7. The zero-order valence-electron chi connectivity index (χ0n) is 9.87. The first-order chi connectivity index (χ1) is 7.18. The molecule has 15 heavy (non-hydrogen) atoms. The van der Waals surface area contributed by atoms with Gasteiger partial charge in [0.25, 0.3) is 0 Å². The molecule has 1 unspecified atom stereocenters. The molecule has 0 aromatic carbocycles. The molecule has 0 radical (unpaired) electrons. The van der Waals surface area contributed by atoms with Crippen LogP contribution in [0.1, 0.15) is 32.6 Å². The molecule has 0 aliphatic carbocycles. The molecule has 0 saturated carbocycles. The van der Waals surface area contributed by atoms with Crippen LogP contribution in [0.2, 0.25) is 0 Å². The van der Waals surface area contributed by atoms with Gasteiger partial charge in [0.15, 0.2) is 0 Å². The first-order valence-corrected chi connectivity index (χ1v) is 6.27. The quantitative estimate of drug-likeness (QED) is 0.748. The Hall–Kier alpha value is -0.120. The lowest BCUT2D eigenvalue weighted by Gasteiger charge is -2.40. The predicted octanol–water partition coefficient (Wildman–Crippen LogP) is 1.23. The highest BCUT2D eigenvalue weighted by molar-refractivity contribution is 4.90. The molecule has 0 bridgehead atoms. The molecule has 2 aliphatic rings. The van der Waals surface area contributed by atoms with E-state index in [2.05, 4.69) is 11.8 Å². The first-order valence-electron chi connectivity index (χ1n) is 6.27. The molecule has 1 atom stereocenters. The third-order valence-electron chi connectivity index (χ3n) is 3.77. The second-order valence-corrected chi connectivity index (χ2v) is 5.46. The molecule has 3 heteroatoms. The van der Waals surface area contributed by atoms with E-state index in [1.54, 1.807) is 0 Å². The summed E-state index contributed by atoms with van der Waals surface area (Å²) in [5, 5.41) is 0. The van der Waals surface area contributed by atoms with Crippen molar-refractivity contribution < 1.29 is 4.74 Å². The molecule has 3 nitrogen and oxygen atoms in total. The van der Waals surface area contributed by atoms with Gasteiger partial charge in [0.05, 0.1) is 0 Å². The maximum atomic E-state index is 6.41. The van der Waals surface area contributed by atoms with Gasteiger partial charge in [-0.2, -0.15) is 0 Å². The Bertz CT molecular complexity index is 202. The van der Waals surface area contributed by atoms with E-state index in [0.29, 0.717) is 0 Å². The van der Waals surface area contributed by atoms with Gasteiger partial charge in [0, 0.05) is 31.8 Å². The Labute approximate surface area is 93.0 Å². The minimum Gasteiger partial charge on any atom is -0.381 e. The Morgan fingerprint density at radius 1 is 1.40 bits per heavy atom. The third kappa shape index (κ3) is 3.16. The van der Waals surface area contributed by atoms with Gasteiger partial charge in [-0.1, -0.05) is 6.92 Å². The van der Waals surface area contributed by atoms with E-state index in [-0.39, 0.29) is 5.54 Å². The van der Waals surface area contributed by atoms with Gasteiger partial charge in [0.2, 0.25) is 0 Å². The van der Waals surface area contributed by atoms with Crippen molar-refractivity contribution in [1.82, 2.24) is 4.90 Å². The van der Waals surface area contributed by atoms with Gasteiger partial charge in [-0.15, -0.1) is 0 Å². The monoisotopic (exact) mass is 212 g/mol. The number of likely N-dealkylation sites (tertiary alicyclic amines) is 1. The first kappa shape index (κ1) is 11.4. The number of hydrogen-bond donors (Lipinski definition) is 1. The molecule has 0 aromatic heterocycles. The lowest BCUT2D eigenvalue weighted by molar-refractivity contribution is 0.0313. The molecule has 2 rings (SSSR count). The molecule has 88 valence electrons. The molecular formula is C12H24N2O. The van der Waals surface area contributed by atoms with Gasteiger partial charge in [-0.05, 0) is 38.1 Å². The minimum absolute atomic E-state index is 0.0231. The van der Waals surface area contributed by atoms with Crippen molar-refractivity contribution >= 4 is 0 Å². The summed E-state index contributed by atoms with van der Waals surface area (Å²) in [6.07, 6.45) is 4.78. The fourth-order valence-corrected chi connectivity index (χ4v) is 2.81. The highest BCUT2D eigenvalue weighted by Crippen LogP contribution is 2.22. The summed E-state index contributed by atoms with van der Waals surface area (Å²) in [6.45, 7) is 7.59. The maximum absolute atomic E-state index is 6.41. The van der Waals surface area contributed by atoms with E-state index < -0.39 is 0 Å². The standard InChI is InChI=1S/C12H24N2O/c1-11-3-2-6-14(9-11)10-12(13)4-7-15-8-5-12/h11H,2-10,13H2,1H3. The Balaban J connectivity index is 1.83. The fourth-order valence-electron chi connectivity index (χ4n) is 2.81. The third-order valence-corrected chi connectivity index (χ3v) is 3.77. The minimum atomic E-state index is 0.0231.